The maximum atomic E-state index is 11.8. The van der Waals surface area contributed by atoms with E-state index in [1.54, 1.807) is 25.5 Å². The van der Waals surface area contributed by atoms with Crippen LogP contribution in [0.25, 0.3) is 0 Å². The first kappa shape index (κ1) is 18.2. The van der Waals surface area contributed by atoms with Crippen molar-refractivity contribution in [2.45, 2.75) is 16.7 Å². The zero-order chi connectivity index (χ0) is 17.5. The maximum Gasteiger partial charge on any atom is 0.186 e. The van der Waals surface area contributed by atoms with E-state index in [9.17, 15) is 9.00 Å². The van der Waals surface area contributed by atoms with Crippen molar-refractivity contribution in [3.05, 3.63) is 48.5 Å². The number of hydrogen-bond acceptors (Lipinski definition) is 6. The van der Waals surface area contributed by atoms with Gasteiger partial charge in [-0.2, -0.15) is 5.10 Å². The molecule has 2 rings (SSSR count). The van der Waals surface area contributed by atoms with E-state index in [0.717, 1.165) is 21.2 Å². The first-order valence-corrected chi connectivity index (χ1v) is 9.47. The summed E-state index contributed by atoms with van der Waals surface area (Å²) in [4.78, 5) is 13.4. The molecule has 0 amide bonds. The van der Waals surface area contributed by atoms with Crippen molar-refractivity contribution in [1.29, 1.82) is 0 Å². The lowest BCUT2D eigenvalue weighted by Gasteiger charge is -2.06. The summed E-state index contributed by atoms with van der Waals surface area (Å²) in [5.41, 5.74) is 3.63. The SMILES string of the molecule is COc1ccc(N/N=C(/Sc2ccc(S(C)=O)cc2)C(C)=O)cc1. The fourth-order valence-corrected chi connectivity index (χ4v) is 3.02. The van der Waals surface area contributed by atoms with Crippen molar-refractivity contribution in [2.24, 2.45) is 5.10 Å². The summed E-state index contributed by atoms with van der Waals surface area (Å²) in [5.74, 6) is 0.614. The molecule has 2 aromatic rings. The molecule has 5 nitrogen and oxygen atoms in total. The number of ketones is 1. The van der Waals surface area contributed by atoms with E-state index < -0.39 is 10.8 Å². The Labute approximate surface area is 148 Å². The number of nitrogens with zero attached hydrogens (tertiary/aromatic N) is 1. The molecule has 1 atom stereocenters. The fourth-order valence-electron chi connectivity index (χ4n) is 1.77. The third kappa shape index (κ3) is 5.21. The lowest BCUT2D eigenvalue weighted by Crippen LogP contribution is -2.08. The molecule has 0 radical (unpaired) electrons. The van der Waals surface area contributed by atoms with Gasteiger partial charge in [0.1, 0.15) is 5.75 Å². The van der Waals surface area contributed by atoms with Gasteiger partial charge >= 0.3 is 0 Å². The minimum atomic E-state index is -1.02. The van der Waals surface area contributed by atoms with Gasteiger partial charge in [-0.05, 0) is 48.5 Å². The number of hydrogen-bond donors (Lipinski definition) is 1. The topological polar surface area (TPSA) is 67.8 Å². The van der Waals surface area contributed by atoms with E-state index in [0.29, 0.717) is 5.04 Å². The van der Waals surface area contributed by atoms with Gasteiger partial charge in [0.05, 0.1) is 12.8 Å². The largest absolute Gasteiger partial charge is 0.497 e. The molecular formula is C17H18N2O3S2. The predicted octanol–water partition coefficient (Wildman–Crippen LogP) is 3.54. The zero-order valence-corrected chi connectivity index (χ0v) is 15.2. The number of rotatable bonds is 6. The second-order valence-electron chi connectivity index (χ2n) is 4.84. The maximum absolute atomic E-state index is 11.8. The van der Waals surface area contributed by atoms with Crippen LogP contribution in [0.15, 0.2) is 63.4 Å². The molecule has 126 valence electrons. The lowest BCUT2D eigenvalue weighted by atomic mass is 10.3. The van der Waals surface area contributed by atoms with Crippen LogP contribution >= 0.6 is 11.8 Å². The number of thioether (sulfide) groups is 1. The highest BCUT2D eigenvalue weighted by molar-refractivity contribution is 8.15. The molecular weight excluding hydrogens is 344 g/mol. The van der Waals surface area contributed by atoms with Gasteiger partial charge in [-0.1, -0.05) is 11.8 Å². The van der Waals surface area contributed by atoms with Gasteiger partial charge in [-0.15, -0.1) is 0 Å². The lowest BCUT2D eigenvalue weighted by molar-refractivity contribution is -0.110. The van der Waals surface area contributed by atoms with Gasteiger partial charge in [0.25, 0.3) is 0 Å². The molecule has 24 heavy (non-hydrogen) atoms. The Morgan fingerprint density at radius 1 is 1.12 bits per heavy atom. The molecule has 0 aliphatic rings. The van der Waals surface area contributed by atoms with E-state index in [-0.39, 0.29) is 5.78 Å². The van der Waals surface area contributed by atoms with Crippen LogP contribution in [0.4, 0.5) is 5.69 Å². The van der Waals surface area contributed by atoms with E-state index >= 15 is 0 Å². The Bertz CT molecular complexity index is 756. The van der Waals surface area contributed by atoms with Crippen molar-refractivity contribution in [3.8, 4) is 5.75 Å². The summed E-state index contributed by atoms with van der Waals surface area (Å²) < 4.78 is 16.5. The normalized spacial score (nSPS) is 12.5. The standard InChI is InChI=1S/C17H18N2O3S2/c1-12(20)17(19-18-13-4-6-14(22-2)7-5-13)23-15-8-10-16(11-9-15)24(3)21/h4-11,18H,1-3H3/b19-17+. The molecule has 0 aromatic heterocycles. The van der Waals surface area contributed by atoms with Gasteiger partial charge in [-0.25, -0.2) is 0 Å². The Kier molecular flexibility index (Phi) is 6.57. The minimum absolute atomic E-state index is 0.135. The molecule has 0 aliphatic carbocycles. The summed E-state index contributed by atoms with van der Waals surface area (Å²) in [5, 5.41) is 4.52. The van der Waals surface area contributed by atoms with Crippen molar-refractivity contribution >= 4 is 39.1 Å². The van der Waals surface area contributed by atoms with Crippen molar-refractivity contribution in [1.82, 2.24) is 0 Å². The number of anilines is 1. The van der Waals surface area contributed by atoms with Crippen LogP contribution in [0.3, 0.4) is 0 Å². The number of nitrogens with one attached hydrogen (secondary N) is 1. The summed E-state index contributed by atoms with van der Waals surface area (Å²) in [6.45, 7) is 1.47. The van der Waals surface area contributed by atoms with Crippen molar-refractivity contribution in [2.75, 3.05) is 18.8 Å². The molecule has 0 heterocycles. The van der Waals surface area contributed by atoms with Gasteiger partial charge in [0, 0.05) is 33.8 Å². The first-order valence-electron chi connectivity index (χ1n) is 7.09. The molecule has 1 unspecified atom stereocenters. The van der Waals surface area contributed by atoms with Crippen LogP contribution in [0, 0.1) is 0 Å². The number of hydrazone groups is 1. The summed E-state index contributed by atoms with van der Waals surface area (Å²) in [6.07, 6.45) is 1.63. The third-order valence-corrected chi connectivity index (χ3v) is 5.06. The quantitative estimate of drug-likeness (QED) is 0.368. The molecule has 1 N–H and O–H groups in total. The van der Waals surface area contributed by atoms with Crippen LogP contribution in [-0.2, 0) is 15.6 Å². The van der Waals surface area contributed by atoms with E-state index in [2.05, 4.69) is 10.5 Å². The van der Waals surface area contributed by atoms with Gasteiger partial charge in [0.15, 0.2) is 10.8 Å². The molecule has 0 spiro atoms. The summed E-state index contributed by atoms with van der Waals surface area (Å²) in [7, 11) is 0.583. The third-order valence-electron chi connectivity index (χ3n) is 3.05. The van der Waals surface area contributed by atoms with Gasteiger partial charge < -0.3 is 4.74 Å². The number of Topliss-reactive ketones (excluding diaryl/α,β-unsaturated/α-hetero) is 1. The number of benzene rings is 2. The molecule has 7 heteroatoms. The number of carbonyl (C=O) groups excluding carboxylic acids is 1. The van der Waals surface area contributed by atoms with E-state index in [4.69, 9.17) is 4.74 Å². The van der Waals surface area contributed by atoms with E-state index in [1.165, 1.54) is 18.7 Å². The fraction of sp³-hybridized carbons (Fsp3) is 0.176. The molecule has 0 saturated carbocycles. The Morgan fingerprint density at radius 2 is 1.75 bits per heavy atom. The summed E-state index contributed by atoms with van der Waals surface area (Å²) >= 11 is 1.26. The highest BCUT2D eigenvalue weighted by atomic mass is 32.2. The average molecular weight is 362 g/mol. The highest BCUT2D eigenvalue weighted by Crippen LogP contribution is 2.22. The van der Waals surface area contributed by atoms with E-state index in [1.807, 2.05) is 36.4 Å². The second-order valence-corrected chi connectivity index (χ2v) is 7.28. The van der Waals surface area contributed by atoms with Crippen LogP contribution < -0.4 is 10.2 Å². The molecule has 0 fully saturated rings. The molecule has 0 bridgehead atoms. The van der Waals surface area contributed by atoms with Crippen molar-refractivity contribution in [3.63, 3.8) is 0 Å². The van der Waals surface area contributed by atoms with Gasteiger partial charge in [0.2, 0.25) is 0 Å². The number of ether oxygens (including phenoxy) is 1. The number of carbonyl (C=O) groups is 1. The average Bonchev–Trinajstić information content (AvgIpc) is 2.59. The monoisotopic (exact) mass is 362 g/mol. The summed E-state index contributed by atoms with van der Waals surface area (Å²) in [6, 6.07) is 14.5. The van der Waals surface area contributed by atoms with Gasteiger partial charge in [-0.3, -0.25) is 14.4 Å². The van der Waals surface area contributed by atoms with Crippen molar-refractivity contribution < 1.29 is 13.7 Å². The smallest absolute Gasteiger partial charge is 0.186 e. The van der Waals surface area contributed by atoms with Crippen LogP contribution in [0.5, 0.6) is 5.75 Å². The van der Waals surface area contributed by atoms with Crippen LogP contribution in [0.1, 0.15) is 6.92 Å². The van der Waals surface area contributed by atoms with Crippen LogP contribution in [-0.4, -0.2) is 28.4 Å². The highest BCUT2D eigenvalue weighted by Gasteiger charge is 2.09. The minimum Gasteiger partial charge on any atom is -0.497 e. The Balaban J connectivity index is 2.10. The second kappa shape index (κ2) is 8.65. The Morgan fingerprint density at radius 3 is 2.25 bits per heavy atom. The molecule has 2 aromatic carbocycles. The zero-order valence-electron chi connectivity index (χ0n) is 13.6. The van der Waals surface area contributed by atoms with Crippen LogP contribution in [0.2, 0.25) is 0 Å². The Hall–Kier alpha value is -2.12. The first-order chi connectivity index (χ1) is 11.5. The molecule has 0 aliphatic heterocycles. The predicted molar refractivity (Wildman–Crippen MR) is 99.4 cm³/mol. The number of methoxy groups -OCH3 is 1. The molecule has 0 saturated heterocycles.